The van der Waals surface area contributed by atoms with Crippen LogP contribution < -0.4 is 0 Å². The molecular formula is C11H21N3O2. The lowest BCUT2D eigenvalue weighted by Crippen LogP contribution is -2.19. The van der Waals surface area contributed by atoms with Crippen molar-refractivity contribution in [3.05, 3.63) is 10.4 Å². The van der Waals surface area contributed by atoms with Gasteiger partial charge >= 0.3 is 5.97 Å². The normalized spacial score (nSPS) is 11.6. The van der Waals surface area contributed by atoms with Crippen molar-refractivity contribution in [2.24, 2.45) is 5.11 Å². The summed E-state index contributed by atoms with van der Waals surface area (Å²) in [5.41, 5.74) is 8.30. The molecule has 0 spiro atoms. The highest BCUT2D eigenvalue weighted by atomic mass is 16.5. The van der Waals surface area contributed by atoms with Gasteiger partial charge in [0.25, 0.3) is 0 Å². The van der Waals surface area contributed by atoms with Gasteiger partial charge in [-0.15, -0.1) is 0 Å². The summed E-state index contributed by atoms with van der Waals surface area (Å²) in [5.74, 6) is -0.439. The van der Waals surface area contributed by atoms with Gasteiger partial charge in [-0.05, 0) is 12.0 Å². The number of hydrogen-bond donors (Lipinski definition) is 0. The van der Waals surface area contributed by atoms with Crippen molar-refractivity contribution in [2.75, 3.05) is 7.11 Å². The first-order valence-corrected chi connectivity index (χ1v) is 5.88. The highest BCUT2D eigenvalue weighted by Gasteiger charge is 2.16. The fourth-order valence-corrected chi connectivity index (χ4v) is 1.54. The van der Waals surface area contributed by atoms with Crippen molar-refractivity contribution in [1.29, 1.82) is 0 Å². The molecule has 0 N–H and O–H groups in total. The maximum absolute atomic E-state index is 11.2. The summed E-state index contributed by atoms with van der Waals surface area (Å²) in [6.07, 6.45) is 7.47. The Morgan fingerprint density at radius 3 is 2.50 bits per heavy atom. The highest BCUT2D eigenvalue weighted by molar-refractivity contribution is 5.75. The van der Waals surface area contributed by atoms with Crippen molar-refractivity contribution in [1.82, 2.24) is 0 Å². The fourth-order valence-electron chi connectivity index (χ4n) is 1.54. The second-order valence-electron chi connectivity index (χ2n) is 3.80. The Hall–Kier alpha value is -1.22. The molecule has 92 valence electrons. The molecule has 5 heteroatoms. The predicted molar refractivity (Wildman–Crippen MR) is 62.9 cm³/mol. The Balaban J connectivity index is 3.68. The van der Waals surface area contributed by atoms with Gasteiger partial charge in [-0.3, -0.25) is 4.79 Å². The van der Waals surface area contributed by atoms with E-state index in [1.54, 1.807) is 0 Å². The third-order valence-electron chi connectivity index (χ3n) is 2.50. The zero-order valence-corrected chi connectivity index (χ0v) is 10.2. The molecule has 0 heterocycles. The number of ether oxygens (including phenoxy) is 1. The van der Waals surface area contributed by atoms with Crippen LogP contribution in [0.3, 0.4) is 0 Å². The SMILES string of the molecule is CCCCCCCCC(N=[N+]=[N-])C(=O)OC. The average molecular weight is 227 g/mol. The van der Waals surface area contributed by atoms with E-state index in [2.05, 4.69) is 21.7 Å². The van der Waals surface area contributed by atoms with Crippen LogP contribution in [-0.2, 0) is 9.53 Å². The van der Waals surface area contributed by atoms with Crippen molar-refractivity contribution in [3.63, 3.8) is 0 Å². The Kier molecular flexibility index (Phi) is 9.52. The van der Waals surface area contributed by atoms with Crippen LogP contribution in [0.2, 0.25) is 0 Å². The molecule has 0 aromatic heterocycles. The number of carbonyl (C=O) groups is 1. The summed E-state index contributed by atoms with van der Waals surface area (Å²) in [5, 5.41) is 3.43. The van der Waals surface area contributed by atoms with Gasteiger partial charge in [-0.2, -0.15) is 0 Å². The van der Waals surface area contributed by atoms with E-state index in [0.29, 0.717) is 6.42 Å². The second-order valence-corrected chi connectivity index (χ2v) is 3.80. The molecule has 0 saturated carbocycles. The Morgan fingerprint density at radius 2 is 1.94 bits per heavy atom. The molecule has 0 aromatic rings. The molecule has 0 amide bonds. The summed E-state index contributed by atoms with van der Waals surface area (Å²) in [6, 6.07) is -0.652. The van der Waals surface area contributed by atoms with Crippen LogP contribution in [0, 0.1) is 0 Å². The summed E-state index contributed by atoms with van der Waals surface area (Å²) in [6.45, 7) is 2.18. The lowest BCUT2D eigenvalue weighted by Gasteiger charge is -2.07. The molecule has 1 atom stereocenters. The third-order valence-corrected chi connectivity index (χ3v) is 2.50. The van der Waals surface area contributed by atoms with Crippen molar-refractivity contribution >= 4 is 5.97 Å². The lowest BCUT2D eigenvalue weighted by atomic mass is 10.1. The standard InChI is InChI=1S/C11H21N3O2/c1-3-4-5-6-7-8-9-10(13-14-12)11(15)16-2/h10H,3-9H2,1-2H3. The number of carbonyl (C=O) groups excluding carboxylic acids is 1. The van der Waals surface area contributed by atoms with Gasteiger partial charge < -0.3 is 4.74 Å². The fraction of sp³-hybridized carbons (Fsp3) is 0.909. The molecule has 16 heavy (non-hydrogen) atoms. The molecule has 0 rings (SSSR count). The van der Waals surface area contributed by atoms with Crippen LogP contribution in [0.25, 0.3) is 10.4 Å². The quantitative estimate of drug-likeness (QED) is 0.198. The number of nitrogens with zero attached hydrogens (tertiary/aromatic N) is 3. The van der Waals surface area contributed by atoms with E-state index < -0.39 is 12.0 Å². The molecule has 0 aliphatic carbocycles. The van der Waals surface area contributed by atoms with Gasteiger partial charge in [0, 0.05) is 4.91 Å². The maximum atomic E-state index is 11.2. The third kappa shape index (κ3) is 7.12. The van der Waals surface area contributed by atoms with Crippen LogP contribution in [0.5, 0.6) is 0 Å². The van der Waals surface area contributed by atoms with Gasteiger partial charge in [0.1, 0.15) is 6.04 Å². The maximum Gasteiger partial charge on any atom is 0.314 e. The smallest absolute Gasteiger partial charge is 0.314 e. The van der Waals surface area contributed by atoms with Gasteiger partial charge in [0.05, 0.1) is 7.11 Å². The number of rotatable bonds is 9. The van der Waals surface area contributed by atoms with Crippen molar-refractivity contribution in [2.45, 2.75) is 57.9 Å². The number of azide groups is 1. The molecule has 0 aliphatic heterocycles. The molecule has 1 unspecified atom stereocenters. The van der Waals surface area contributed by atoms with E-state index in [1.165, 1.54) is 32.8 Å². The van der Waals surface area contributed by atoms with Crippen LogP contribution >= 0.6 is 0 Å². The molecule has 5 nitrogen and oxygen atoms in total. The summed E-state index contributed by atoms with van der Waals surface area (Å²) in [4.78, 5) is 13.8. The second kappa shape index (κ2) is 10.3. The van der Waals surface area contributed by atoms with E-state index in [4.69, 9.17) is 5.53 Å². The molecule has 0 radical (unpaired) electrons. The zero-order chi connectivity index (χ0) is 12.2. The minimum absolute atomic E-state index is 0.439. The summed E-state index contributed by atoms with van der Waals surface area (Å²) < 4.78 is 4.56. The summed E-state index contributed by atoms with van der Waals surface area (Å²) in [7, 11) is 1.31. The van der Waals surface area contributed by atoms with Crippen molar-refractivity contribution < 1.29 is 9.53 Å². The molecule has 0 fully saturated rings. The van der Waals surface area contributed by atoms with Crippen LogP contribution in [-0.4, -0.2) is 19.1 Å². The first kappa shape index (κ1) is 14.8. The van der Waals surface area contributed by atoms with E-state index >= 15 is 0 Å². The van der Waals surface area contributed by atoms with Gasteiger partial charge in [-0.1, -0.05) is 50.6 Å². The van der Waals surface area contributed by atoms with Gasteiger partial charge in [0.2, 0.25) is 0 Å². The van der Waals surface area contributed by atoms with Crippen LogP contribution in [0.4, 0.5) is 0 Å². The number of unbranched alkanes of at least 4 members (excludes halogenated alkanes) is 5. The highest BCUT2D eigenvalue weighted by Crippen LogP contribution is 2.11. The minimum atomic E-state index is -0.652. The van der Waals surface area contributed by atoms with Crippen molar-refractivity contribution in [3.8, 4) is 0 Å². The van der Waals surface area contributed by atoms with E-state index in [-0.39, 0.29) is 0 Å². The molecule has 0 aliphatic rings. The number of hydrogen-bond acceptors (Lipinski definition) is 3. The molecule has 0 saturated heterocycles. The van der Waals surface area contributed by atoms with E-state index in [1.807, 2.05) is 0 Å². The van der Waals surface area contributed by atoms with E-state index in [9.17, 15) is 4.79 Å². The monoisotopic (exact) mass is 227 g/mol. The number of esters is 1. The molecular weight excluding hydrogens is 206 g/mol. The van der Waals surface area contributed by atoms with E-state index in [0.717, 1.165) is 12.8 Å². The van der Waals surface area contributed by atoms with Crippen LogP contribution in [0.1, 0.15) is 51.9 Å². The topological polar surface area (TPSA) is 75.1 Å². The predicted octanol–water partition coefficient (Wildman–Crippen LogP) is 3.59. The van der Waals surface area contributed by atoms with Gasteiger partial charge in [-0.25, -0.2) is 0 Å². The molecule has 0 bridgehead atoms. The first-order chi connectivity index (χ1) is 7.76. The van der Waals surface area contributed by atoms with Crippen LogP contribution in [0.15, 0.2) is 5.11 Å². The van der Waals surface area contributed by atoms with Gasteiger partial charge in [0.15, 0.2) is 0 Å². The first-order valence-electron chi connectivity index (χ1n) is 5.88. The minimum Gasteiger partial charge on any atom is -0.469 e. The zero-order valence-electron chi connectivity index (χ0n) is 10.2. The Morgan fingerprint density at radius 1 is 1.31 bits per heavy atom. The number of methoxy groups -OCH3 is 1. The average Bonchev–Trinajstić information content (AvgIpc) is 2.31. The Labute approximate surface area is 96.8 Å². The molecule has 0 aromatic carbocycles. The summed E-state index contributed by atoms with van der Waals surface area (Å²) >= 11 is 0. The Bertz CT molecular complexity index is 237. The lowest BCUT2D eigenvalue weighted by molar-refractivity contribution is -0.142. The largest absolute Gasteiger partial charge is 0.469 e.